The zero-order valence-corrected chi connectivity index (χ0v) is 12.9. The summed E-state index contributed by atoms with van der Waals surface area (Å²) < 4.78 is 0. The van der Waals surface area contributed by atoms with Gasteiger partial charge in [-0.25, -0.2) is 0 Å². The molecular weight excluding hydrogens is 266 g/mol. The average molecular weight is 286 g/mol. The lowest BCUT2D eigenvalue weighted by atomic mass is 9.89. The van der Waals surface area contributed by atoms with Crippen LogP contribution in [-0.2, 0) is 6.42 Å². The molecule has 0 saturated heterocycles. The minimum absolute atomic E-state index is 0.330. The van der Waals surface area contributed by atoms with E-state index in [0.717, 1.165) is 18.5 Å². The van der Waals surface area contributed by atoms with Gasteiger partial charge < -0.3 is 0 Å². The summed E-state index contributed by atoms with van der Waals surface area (Å²) >= 11 is 0. The minimum atomic E-state index is 0.330. The molecule has 3 rings (SSSR count). The first kappa shape index (κ1) is 14.5. The van der Waals surface area contributed by atoms with Gasteiger partial charge in [-0.2, -0.15) is 0 Å². The maximum absolute atomic E-state index is 4.58. The number of benzene rings is 2. The largest absolute Gasteiger partial charge is 0.261 e. The Balaban J connectivity index is 1.83. The molecule has 0 fully saturated rings. The van der Waals surface area contributed by atoms with E-state index in [9.17, 15) is 0 Å². The van der Waals surface area contributed by atoms with Crippen LogP contribution in [0, 0.1) is 13.0 Å². The maximum Gasteiger partial charge on any atom is 0.0478 e. The van der Waals surface area contributed by atoms with Gasteiger partial charge >= 0.3 is 0 Å². The summed E-state index contributed by atoms with van der Waals surface area (Å²) in [6, 6.07) is 26.5. The van der Waals surface area contributed by atoms with Gasteiger partial charge in [0.2, 0.25) is 0 Å². The highest BCUT2D eigenvalue weighted by Crippen LogP contribution is 2.27. The van der Waals surface area contributed by atoms with Crippen molar-refractivity contribution < 1.29 is 0 Å². The number of rotatable bonds is 5. The smallest absolute Gasteiger partial charge is 0.0478 e. The number of nitrogens with zero attached hydrogens (tertiary/aromatic N) is 1. The Bertz CT molecular complexity index is 665. The molecule has 2 aromatic carbocycles. The van der Waals surface area contributed by atoms with Gasteiger partial charge in [0.05, 0.1) is 0 Å². The van der Waals surface area contributed by atoms with Crippen molar-refractivity contribution in [2.45, 2.75) is 25.7 Å². The highest BCUT2D eigenvalue weighted by Gasteiger charge is 2.15. The van der Waals surface area contributed by atoms with Gasteiger partial charge in [0, 0.05) is 17.8 Å². The Morgan fingerprint density at radius 3 is 2.55 bits per heavy atom. The number of hydrogen-bond donors (Lipinski definition) is 0. The van der Waals surface area contributed by atoms with Gasteiger partial charge in [0.1, 0.15) is 0 Å². The second-order valence-corrected chi connectivity index (χ2v) is 5.65. The van der Waals surface area contributed by atoms with Crippen LogP contribution in [0.4, 0.5) is 0 Å². The van der Waals surface area contributed by atoms with Crippen molar-refractivity contribution in [3.63, 3.8) is 0 Å². The van der Waals surface area contributed by atoms with E-state index in [1.165, 1.54) is 16.7 Å². The zero-order chi connectivity index (χ0) is 15.2. The molecule has 0 N–H and O–H groups in total. The molecule has 0 amide bonds. The molecule has 1 atom stereocenters. The minimum Gasteiger partial charge on any atom is -0.261 e. The van der Waals surface area contributed by atoms with E-state index in [2.05, 4.69) is 72.6 Å². The molecule has 0 aliphatic rings. The Kier molecular flexibility index (Phi) is 4.65. The second kappa shape index (κ2) is 7.04. The molecule has 0 spiro atoms. The number of hydrogen-bond acceptors (Lipinski definition) is 1. The Morgan fingerprint density at radius 1 is 1.00 bits per heavy atom. The van der Waals surface area contributed by atoms with Crippen LogP contribution in [0.2, 0.25) is 0 Å². The highest BCUT2D eigenvalue weighted by molar-refractivity contribution is 5.29. The molecule has 1 nitrogen and oxygen atoms in total. The summed E-state index contributed by atoms with van der Waals surface area (Å²) in [4.78, 5) is 4.58. The molecule has 1 radical (unpaired) electrons. The lowest BCUT2D eigenvalue weighted by Gasteiger charge is -2.17. The maximum atomic E-state index is 4.58. The quantitative estimate of drug-likeness (QED) is 0.646. The van der Waals surface area contributed by atoms with Crippen LogP contribution in [0.25, 0.3) is 0 Å². The third kappa shape index (κ3) is 3.62. The monoisotopic (exact) mass is 286 g/mol. The molecule has 22 heavy (non-hydrogen) atoms. The van der Waals surface area contributed by atoms with Crippen LogP contribution >= 0.6 is 0 Å². The van der Waals surface area contributed by atoms with Crippen LogP contribution in [0.3, 0.4) is 0 Å². The first-order valence-electron chi connectivity index (χ1n) is 7.76. The van der Waals surface area contributed by atoms with Crippen molar-refractivity contribution in [3.8, 4) is 0 Å². The van der Waals surface area contributed by atoms with Crippen molar-refractivity contribution >= 4 is 0 Å². The summed E-state index contributed by atoms with van der Waals surface area (Å²) in [6.45, 7) is 2.13. The number of pyridine rings is 1. The van der Waals surface area contributed by atoms with Crippen molar-refractivity contribution in [1.29, 1.82) is 0 Å². The van der Waals surface area contributed by atoms with Gasteiger partial charge in [-0.3, -0.25) is 4.98 Å². The molecule has 1 aromatic heterocycles. The van der Waals surface area contributed by atoms with E-state index >= 15 is 0 Å². The first-order valence-corrected chi connectivity index (χ1v) is 7.76. The van der Waals surface area contributed by atoms with E-state index in [1.54, 1.807) is 0 Å². The van der Waals surface area contributed by atoms with E-state index in [-0.39, 0.29) is 0 Å². The Hall–Kier alpha value is -2.41. The van der Waals surface area contributed by atoms with Crippen LogP contribution in [0.15, 0.2) is 72.9 Å². The molecule has 1 heterocycles. The average Bonchev–Trinajstić information content (AvgIpc) is 2.57. The van der Waals surface area contributed by atoms with Gasteiger partial charge in [-0.15, -0.1) is 0 Å². The predicted molar refractivity (Wildman–Crippen MR) is 90.9 cm³/mol. The van der Waals surface area contributed by atoms with Crippen LogP contribution in [-0.4, -0.2) is 4.98 Å². The third-order valence-corrected chi connectivity index (χ3v) is 3.97. The second-order valence-electron chi connectivity index (χ2n) is 5.65. The van der Waals surface area contributed by atoms with Gasteiger partial charge in [0.25, 0.3) is 0 Å². The SMILES string of the molecule is Cc1cc[c]c(CCC(c2ccccc2)c2ccccn2)c1. The zero-order valence-electron chi connectivity index (χ0n) is 12.9. The molecular formula is C21H20N. The van der Waals surface area contributed by atoms with Crippen molar-refractivity contribution in [1.82, 2.24) is 4.98 Å². The van der Waals surface area contributed by atoms with Crippen LogP contribution in [0.1, 0.15) is 34.7 Å². The third-order valence-electron chi connectivity index (χ3n) is 3.97. The van der Waals surface area contributed by atoms with E-state index in [4.69, 9.17) is 0 Å². The van der Waals surface area contributed by atoms with Crippen molar-refractivity contribution in [2.24, 2.45) is 0 Å². The Morgan fingerprint density at radius 2 is 1.82 bits per heavy atom. The lowest BCUT2D eigenvalue weighted by molar-refractivity contribution is 0.695. The van der Waals surface area contributed by atoms with Crippen LogP contribution < -0.4 is 0 Å². The standard InChI is InChI=1S/C21H20N/c1-17-8-7-9-18(16-17)13-14-20(19-10-3-2-4-11-19)21-12-5-6-15-22-21/h2-8,10-12,15-16,20H,13-14H2,1H3. The van der Waals surface area contributed by atoms with Crippen molar-refractivity contribution in [3.05, 3.63) is 101 Å². The summed E-state index contributed by atoms with van der Waals surface area (Å²) in [7, 11) is 0. The fourth-order valence-corrected chi connectivity index (χ4v) is 2.84. The predicted octanol–water partition coefficient (Wildman–Crippen LogP) is 4.95. The molecule has 109 valence electrons. The molecule has 0 aliphatic heterocycles. The van der Waals surface area contributed by atoms with Gasteiger partial charge in [0.15, 0.2) is 0 Å². The van der Waals surface area contributed by atoms with Crippen LogP contribution in [0.5, 0.6) is 0 Å². The summed E-state index contributed by atoms with van der Waals surface area (Å²) in [5.74, 6) is 0.330. The van der Waals surface area contributed by atoms with E-state index < -0.39 is 0 Å². The fourth-order valence-electron chi connectivity index (χ4n) is 2.84. The molecule has 1 heteroatoms. The molecule has 0 saturated carbocycles. The van der Waals surface area contributed by atoms with Crippen molar-refractivity contribution in [2.75, 3.05) is 0 Å². The topological polar surface area (TPSA) is 12.9 Å². The lowest BCUT2D eigenvalue weighted by Crippen LogP contribution is -2.05. The fraction of sp³-hybridized carbons (Fsp3) is 0.190. The number of aromatic nitrogens is 1. The normalized spacial score (nSPS) is 12.0. The molecule has 3 aromatic rings. The summed E-state index contributed by atoms with van der Waals surface area (Å²) in [5, 5.41) is 0. The molecule has 0 bridgehead atoms. The van der Waals surface area contributed by atoms with E-state index in [1.807, 2.05) is 18.3 Å². The number of aryl methyl sites for hydroxylation is 2. The molecule has 1 unspecified atom stereocenters. The summed E-state index contributed by atoms with van der Waals surface area (Å²) in [6.07, 6.45) is 3.93. The van der Waals surface area contributed by atoms with Gasteiger partial charge in [-0.05, 0) is 49.1 Å². The Labute approximate surface area is 132 Å². The van der Waals surface area contributed by atoms with E-state index in [0.29, 0.717) is 5.92 Å². The highest BCUT2D eigenvalue weighted by atomic mass is 14.7. The first-order chi connectivity index (χ1) is 10.8. The molecule has 0 aliphatic carbocycles. The van der Waals surface area contributed by atoms with Gasteiger partial charge in [-0.1, -0.05) is 60.2 Å². The summed E-state index contributed by atoms with van der Waals surface area (Å²) in [5.41, 5.74) is 5.04.